The van der Waals surface area contributed by atoms with Crippen molar-refractivity contribution in [2.75, 3.05) is 21.3 Å². The van der Waals surface area contributed by atoms with Crippen LogP contribution in [0.15, 0.2) is 42.5 Å². The fraction of sp³-hybridized carbons (Fsp3) is 0.435. The zero-order chi connectivity index (χ0) is 20.8. The molecule has 0 bridgehead atoms. The minimum atomic E-state index is -0.846. The number of methoxy groups -OCH3 is 2. The lowest BCUT2D eigenvalue weighted by molar-refractivity contribution is 0.122. The summed E-state index contributed by atoms with van der Waals surface area (Å²) in [5.74, 6) is 1.71. The fourth-order valence-electron chi connectivity index (χ4n) is 3.96. The van der Waals surface area contributed by atoms with Gasteiger partial charge in [0.25, 0.3) is 0 Å². The summed E-state index contributed by atoms with van der Waals surface area (Å²) < 4.78 is 10.8. The number of hydrogen-bond donors (Lipinski definition) is 2. The fourth-order valence-corrected chi connectivity index (χ4v) is 3.96. The predicted octanol–water partition coefficient (Wildman–Crippen LogP) is 4.38. The first-order valence-electron chi connectivity index (χ1n) is 10.0. The van der Waals surface area contributed by atoms with Gasteiger partial charge in [0, 0.05) is 31.2 Å². The van der Waals surface area contributed by atoms with Crippen molar-refractivity contribution in [3.05, 3.63) is 48.0 Å². The van der Waals surface area contributed by atoms with Crippen molar-refractivity contribution in [1.82, 2.24) is 10.2 Å². The monoisotopic (exact) mass is 398 g/mol. The molecular weight excluding hydrogens is 368 g/mol. The normalized spacial score (nSPS) is 18.9. The average Bonchev–Trinajstić information content (AvgIpc) is 2.77. The molecule has 0 aromatic heterocycles. The highest BCUT2D eigenvalue weighted by atomic mass is 16.5. The second-order valence-electron chi connectivity index (χ2n) is 7.53. The lowest BCUT2D eigenvalue weighted by Gasteiger charge is -2.33. The number of carboxylic acid groups (broad SMARTS) is 1. The maximum atomic E-state index is 11.1. The lowest BCUT2D eigenvalue weighted by atomic mass is 9.90. The van der Waals surface area contributed by atoms with Crippen molar-refractivity contribution in [3.8, 4) is 22.6 Å². The van der Waals surface area contributed by atoms with Crippen LogP contribution in [0.3, 0.4) is 0 Å². The second-order valence-corrected chi connectivity index (χ2v) is 7.53. The number of rotatable bonds is 7. The Balaban J connectivity index is 1.63. The number of hydrogen-bond acceptors (Lipinski definition) is 4. The summed E-state index contributed by atoms with van der Waals surface area (Å²) in [6.07, 6.45) is 2.89. The Bertz CT molecular complexity index is 814. The van der Waals surface area contributed by atoms with Gasteiger partial charge in [0.15, 0.2) is 0 Å². The molecule has 2 N–H and O–H groups in total. The van der Waals surface area contributed by atoms with Gasteiger partial charge in [-0.15, -0.1) is 0 Å². The minimum Gasteiger partial charge on any atom is -0.497 e. The quantitative estimate of drug-likeness (QED) is 0.724. The van der Waals surface area contributed by atoms with Crippen molar-refractivity contribution < 1.29 is 19.4 Å². The summed E-state index contributed by atoms with van der Waals surface area (Å²) in [4.78, 5) is 12.6. The molecule has 156 valence electrons. The van der Waals surface area contributed by atoms with E-state index in [9.17, 15) is 4.79 Å². The summed E-state index contributed by atoms with van der Waals surface area (Å²) in [6.45, 7) is 0.720. The van der Waals surface area contributed by atoms with E-state index >= 15 is 0 Å². The molecule has 1 aliphatic carbocycles. The van der Waals surface area contributed by atoms with Crippen LogP contribution in [0.4, 0.5) is 4.79 Å². The zero-order valence-corrected chi connectivity index (χ0v) is 17.4. The van der Waals surface area contributed by atoms with Gasteiger partial charge in [-0.2, -0.15) is 0 Å². The summed E-state index contributed by atoms with van der Waals surface area (Å²) in [7, 11) is 5.02. The molecule has 0 radical (unpaired) electrons. The Morgan fingerprint density at radius 1 is 1.03 bits per heavy atom. The van der Waals surface area contributed by atoms with Crippen LogP contribution >= 0.6 is 0 Å². The molecule has 6 heteroatoms. The molecule has 0 heterocycles. The first-order valence-corrected chi connectivity index (χ1v) is 10.0. The van der Waals surface area contributed by atoms with Gasteiger partial charge in [-0.05, 0) is 61.1 Å². The van der Waals surface area contributed by atoms with E-state index in [-0.39, 0.29) is 6.04 Å². The Morgan fingerprint density at radius 3 is 2.28 bits per heavy atom. The topological polar surface area (TPSA) is 71.0 Å². The third-order valence-corrected chi connectivity index (χ3v) is 5.83. The van der Waals surface area contributed by atoms with E-state index in [1.54, 1.807) is 21.3 Å². The van der Waals surface area contributed by atoms with Gasteiger partial charge in [0.1, 0.15) is 11.5 Å². The van der Waals surface area contributed by atoms with E-state index < -0.39 is 6.09 Å². The molecule has 1 amide bonds. The maximum Gasteiger partial charge on any atom is 0.407 e. The number of nitrogens with one attached hydrogen (secondary N) is 1. The molecule has 3 rings (SSSR count). The van der Waals surface area contributed by atoms with Crippen LogP contribution in [0, 0.1) is 0 Å². The Kier molecular flexibility index (Phi) is 6.99. The van der Waals surface area contributed by atoms with Gasteiger partial charge in [-0.25, -0.2) is 4.79 Å². The summed E-state index contributed by atoms with van der Waals surface area (Å²) in [5, 5.41) is 12.8. The summed E-state index contributed by atoms with van der Waals surface area (Å²) >= 11 is 0. The molecule has 2 aromatic carbocycles. The van der Waals surface area contributed by atoms with Crippen LogP contribution in [-0.4, -0.2) is 49.5 Å². The number of benzene rings is 2. The van der Waals surface area contributed by atoms with Crippen molar-refractivity contribution in [3.63, 3.8) is 0 Å². The van der Waals surface area contributed by atoms with Crippen LogP contribution in [0.2, 0.25) is 0 Å². The maximum absolute atomic E-state index is 11.1. The molecule has 0 atom stereocenters. The number of amides is 1. The van der Waals surface area contributed by atoms with Crippen LogP contribution in [0.1, 0.15) is 31.2 Å². The Hall–Kier alpha value is -2.73. The number of ether oxygens (including phenoxy) is 2. The van der Waals surface area contributed by atoms with E-state index in [1.807, 2.05) is 18.2 Å². The molecule has 0 unspecified atom stereocenters. The smallest absolute Gasteiger partial charge is 0.407 e. The molecule has 1 fully saturated rings. The molecule has 1 saturated carbocycles. The molecule has 0 saturated heterocycles. The zero-order valence-electron chi connectivity index (χ0n) is 17.4. The first kappa shape index (κ1) is 21.0. The number of nitrogens with zero attached hydrogens (tertiary/aromatic N) is 1. The van der Waals surface area contributed by atoms with Crippen LogP contribution in [-0.2, 0) is 6.54 Å². The minimum absolute atomic E-state index is 0.124. The van der Waals surface area contributed by atoms with E-state index in [0.717, 1.165) is 60.4 Å². The molecule has 29 heavy (non-hydrogen) atoms. The average molecular weight is 399 g/mol. The number of carbonyl (C=O) groups is 1. The lowest BCUT2D eigenvalue weighted by Crippen LogP contribution is -2.42. The predicted molar refractivity (Wildman–Crippen MR) is 114 cm³/mol. The van der Waals surface area contributed by atoms with Gasteiger partial charge in [0.05, 0.1) is 14.2 Å². The molecule has 6 nitrogen and oxygen atoms in total. The summed E-state index contributed by atoms with van der Waals surface area (Å²) in [5.41, 5.74) is 3.38. The highest BCUT2D eigenvalue weighted by Gasteiger charge is 2.26. The molecule has 0 aliphatic heterocycles. The molecule has 1 aliphatic rings. The van der Waals surface area contributed by atoms with Crippen molar-refractivity contribution in [1.29, 1.82) is 0 Å². The highest BCUT2D eigenvalue weighted by molar-refractivity contribution is 5.66. The second kappa shape index (κ2) is 9.65. The molecule has 2 aromatic rings. The highest BCUT2D eigenvalue weighted by Crippen LogP contribution is 2.29. The van der Waals surface area contributed by atoms with E-state index in [4.69, 9.17) is 14.6 Å². The third-order valence-electron chi connectivity index (χ3n) is 5.83. The van der Waals surface area contributed by atoms with Crippen LogP contribution in [0.25, 0.3) is 11.1 Å². The standard InChI is InChI=1S/C23H30N2O4/c1-25(23(26)27)20-9-7-19(8-10-20)24-15-18-14-17(6-13-22(18)29-3)16-4-11-21(28-2)12-5-16/h4-6,11-14,19-20,24H,7-10,15H2,1-3H3,(H,26,27). The van der Waals surface area contributed by atoms with Crippen molar-refractivity contribution >= 4 is 6.09 Å². The van der Waals surface area contributed by atoms with Crippen LogP contribution < -0.4 is 14.8 Å². The van der Waals surface area contributed by atoms with Gasteiger partial charge < -0.3 is 24.8 Å². The van der Waals surface area contributed by atoms with E-state index in [2.05, 4.69) is 29.6 Å². The Labute approximate surface area is 172 Å². The Morgan fingerprint density at radius 2 is 1.69 bits per heavy atom. The van der Waals surface area contributed by atoms with Gasteiger partial charge >= 0.3 is 6.09 Å². The SMILES string of the molecule is COc1ccc(-c2ccc(OC)c(CNC3CCC(N(C)C(=O)O)CC3)c2)cc1. The first-order chi connectivity index (χ1) is 14.0. The third kappa shape index (κ3) is 5.21. The van der Waals surface area contributed by atoms with E-state index in [0.29, 0.717) is 6.04 Å². The van der Waals surface area contributed by atoms with Gasteiger partial charge in [-0.3, -0.25) is 0 Å². The van der Waals surface area contributed by atoms with Crippen LogP contribution in [0.5, 0.6) is 11.5 Å². The molecule has 0 spiro atoms. The van der Waals surface area contributed by atoms with Crippen molar-refractivity contribution in [2.24, 2.45) is 0 Å². The van der Waals surface area contributed by atoms with Gasteiger partial charge in [0.2, 0.25) is 0 Å². The van der Waals surface area contributed by atoms with Crippen molar-refractivity contribution in [2.45, 2.75) is 44.3 Å². The largest absolute Gasteiger partial charge is 0.497 e. The molecular formula is C23H30N2O4. The van der Waals surface area contributed by atoms with Gasteiger partial charge in [-0.1, -0.05) is 18.2 Å². The summed E-state index contributed by atoms with van der Waals surface area (Å²) in [6, 6.07) is 14.8. The van der Waals surface area contributed by atoms with E-state index in [1.165, 1.54) is 4.90 Å².